The molecule has 0 aliphatic rings. The number of benzene rings is 2. The number of aryl methyl sites for hydroxylation is 1. The van der Waals surface area contributed by atoms with Crippen LogP contribution in [0, 0.1) is 10.1 Å². The fraction of sp³-hybridized carbons (Fsp3) is 0.174. The van der Waals surface area contributed by atoms with E-state index in [4.69, 9.17) is 0 Å². The summed E-state index contributed by atoms with van der Waals surface area (Å²) in [7, 11) is 3.56. The van der Waals surface area contributed by atoms with Crippen LogP contribution in [0.2, 0.25) is 0 Å². The van der Waals surface area contributed by atoms with Gasteiger partial charge in [-0.2, -0.15) is 4.98 Å². The molecule has 4 aromatic rings. The number of nitrogens with zero attached hydrogens (tertiary/aromatic N) is 7. The Kier molecular flexibility index (Phi) is 6.26. The van der Waals surface area contributed by atoms with Gasteiger partial charge >= 0.3 is 0 Å². The first-order valence-electron chi connectivity index (χ1n) is 10.4. The number of fused-ring (bicyclic) bond motifs is 1. The lowest BCUT2D eigenvalue weighted by Crippen LogP contribution is -2.24. The van der Waals surface area contributed by atoms with Gasteiger partial charge in [-0.15, -0.1) is 0 Å². The molecule has 0 aliphatic carbocycles. The lowest BCUT2D eigenvalue weighted by atomic mass is 10.1. The van der Waals surface area contributed by atoms with Gasteiger partial charge in [-0.3, -0.25) is 24.3 Å². The van der Waals surface area contributed by atoms with E-state index in [2.05, 4.69) is 15.0 Å². The smallest absolute Gasteiger partial charge is 0.283 e. The normalized spacial score (nSPS) is 11.2. The molecule has 2 heterocycles. The molecule has 0 saturated carbocycles. The summed E-state index contributed by atoms with van der Waals surface area (Å²) >= 11 is 0. The van der Waals surface area contributed by atoms with Crippen LogP contribution in [0.5, 0.6) is 0 Å². The third kappa shape index (κ3) is 4.58. The maximum absolute atomic E-state index is 13.3. The zero-order chi connectivity index (χ0) is 24.2. The minimum atomic E-state index is -0.465. The van der Waals surface area contributed by atoms with Crippen LogP contribution in [-0.2, 0) is 13.0 Å². The second-order valence-electron chi connectivity index (χ2n) is 7.71. The number of hydrogen-bond donors (Lipinski definition) is 0. The minimum absolute atomic E-state index is 0.00565. The lowest BCUT2D eigenvalue weighted by Gasteiger charge is -2.11. The molecule has 2 aromatic carbocycles. The number of non-ortho nitro benzene ring substituents is 1. The molecule has 0 radical (unpaired) electrons. The standard InChI is InChI=1S/C23H21N7O4/c1-27(2)14-25-23-26-20-19(24-15-29(20)21(31)17-6-4-3-5-7-17)22(32)28(23)13-12-16-8-10-18(11-9-16)30(33)34/h3-11,14-15H,12-13H2,1-2H3/b25-14+. The fourth-order valence-corrected chi connectivity index (χ4v) is 3.33. The Morgan fingerprint density at radius 2 is 1.85 bits per heavy atom. The van der Waals surface area contributed by atoms with Crippen molar-refractivity contribution in [2.75, 3.05) is 14.1 Å². The van der Waals surface area contributed by atoms with Crippen molar-refractivity contribution in [1.82, 2.24) is 24.0 Å². The summed E-state index contributed by atoms with van der Waals surface area (Å²) in [6.07, 6.45) is 3.21. The van der Waals surface area contributed by atoms with Gasteiger partial charge < -0.3 is 4.90 Å². The molecule has 0 atom stereocenters. The highest BCUT2D eigenvalue weighted by Crippen LogP contribution is 2.17. The number of nitro benzene ring substituents is 1. The van der Waals surface area contributed by atoms with Crippen LogP contribution in [-0.4, -0.2) is 55.3 Å². The van der Waals surface area contributed by atoms with Crippen LogP contribution >= 0.6 is 0 Å². The summed E-state index contributed by atoms with van der Waals surface area (Å²) < 4.78 is 2.62. The third-order valence-corrected chi connectivity index (χ3v) is 5.05. The molecule has 172 valence electrons. The van der Waals surface area contributed by atoms with E-state index in [0.717, 1.165) is 5.56 Å². The van der Waals surface area contributed by atoms with Gasteiger partial charge in [0.1, 0.15) is 6.33 Å². The van der Waals surface area contributed by atoms with Crippen LogP contribution in [0.1, 0.15) is 15.9 Å². The average molecular weight is 459 g/mol. The number of aromatic nitrogens is 4. The van der Waals surface area contributed by atoms with E-state index in [1.165, 1.54) is 33.9 Å². The van der Waals surface area contributed by atoms with Gasteiger partial charge in [0.25, 0.3) is 17.2 Å². The molecule has 11 nitrogen and oxygen atoms in total. The highest BCUT2D eigenvalue weighted by molar-refractivity contribution is 6.00. The Morgan fingerprint density at radius 3 is 2.50 bits per heavy atom. The molecule has 0 saturated heterocycles. The SMILES string of the molecule is CN(C)/C=N/c1nc2c(ncn2C(=O)c2ccccc2)c(=O)n1CCc1ccc([N+](=O)[O-])cc1. The predicted octanol–water partition coefficient (Wildman–Crippen LogP) is 2.65. The molecule has 0 amide bonds. The number of rotatable bonds is 7. The van der Waals surface area contributed by atoms with Crippen LogP contribution in [0.25, 0.3) is 11.2 Å². The fourth-order valence-electron chi connectivity index (χ4n) is 3.33. The second-order valence-corrected chi connectivity index (χ2v) is 7.71. The highest BCUT2D eigenvalue weighted by Gasteiger charge is 2.19. The van der Waals surface area contributed by atoms with Crippen LogP contribution < -0.4 is 5.56 Å². The molecule has 0 spiro atoms. The molecule has 0 N–H and O–H groups in total. The Hall–Kier alpha value is -4.67. The van der Waals surface area contributed by atoms with E-state index in [9.17, 15) is 19.7 Å². The lowest BCUT2D eigenvalue weighted by molar-refractivity contribution is -0.384. The zero-order valence-corrected chi connectivity index (χ0v) is 18.5. The second kappa shape index (κ2) is 9.45. The summed E-state index contributed by atoms with van der Waals surface area (Å²) in [5, 5.41) is 10.9. The monoisotopic (exact) mass is 459 g/mol. The highest BCUT2D eigenvalue weighted by atomic mass is 16.6. The average Bonchev–Trinajstić information content (AvgIpc) is 3.26. The van der Waals surface area contributed by atoms with Gasteiger partial charge in [0.2, 0.25) is 5.95 Å². The maximum Gasteiger partial charge on any atom is 0.283 e. The molecule has 2 aromatic heterocycles. The molecule has 11 heteroatoms. The minimum Gasteiger partial charge on any atom is -0.369 e. The topological polar surface area (TPSA) is 129 Å². The quantitative estimate of drug-likeness (QED) is 0.180. The summed E-state index contributed by atoms with van der Waals surface area (Å²) in [6, 6.07) is 14.8. The van der Waals surface area contributed by atoms with Gasteiger partial charge in [0, 0.05) is 38.3 Å². The van der Waals surface area contributed by atoms with Crippen molar-refractivity contribution in [3.8, 4) is 0 Å². The van der Waals surface area contributed by atoms with Gasteiger partial charge in [-0.1, -0.05) is 30.3 Å². The van der Waals surface area contributed by atoms with E-state index in [-0.39, 0.29) is 35.3 Å². The van der Waals surface area contributed by atoms with Crippen molar-refractivity contribution < 1.29 is 9.72 Å². The number of nitro groups is 1. The summed E-state index contributed by atoms with van der Waals surface area (Å²) in [5.74, 6) is -0.239. The first-order valence-corrected chi connectivity index (χ1v) is 10.4. The Labute approximate surface area is 193 Å². The Balaban J connectivity index is 1.74. The molecule has 0 bridgehead atoms. The van der Waals surface area contributed by atoms with E-state index >= 15 is 0 Å². The van der Waals surface area contributed by atoms with Gasteiger partial charge in [-0.25, -0.2) is 14.5 Å². The van der Waals surface area contributed by atoms with E-state index < -0.39 is 10.5 Å². The van der Waals surface area contributed by atoms with E-state index in [1.807, 2.05) is 0 Å². The summed E-state index contributed by atoms with van der Waals surface area (Å²) in [5.41, 5.74) is 0.980. The third-order valence-electron chi connectivity index (χ3n) is 5.05. The predicted molar refractivity (Wildman–Crippen MR) is 127 cm³/mol. The van der Waals surface area contributed by atoms with Crippen molar-refractivity contribution in [3.63, 3.8) is 0 Å². The van der Waals surface area contributed by atoms with E-state index in [1.54, 1.807) is 61.5 Å². The number of imidazole rings is 1. The van der Waals surface area contributed by atoms with Gasteiger partial charge in [0.05, 0.1) is 11.3 Å². The first-order chi connectivity index (χ1) is 16.3. The largest absolute Gasteiger partial charge is 0.369 e. The number of carbonyl (C=O) groups excluding carboxylic acids is 1. The van der Waals surface area contributed by atoms with Crippen LogP contribution in [0.15, 0.2) is 70.7 Å². The number of aliphatic imine (C=N–C) groups is 1. The molecule has 0 unspecified atom stereocenters. The van der Waals surface area contributed by atoms with Crippen molar-refractivity contribution in [3.05, 3.63) is 92.5 Å². The summed E-state index contributed by atoms with van der Waals surface area (Å²) in [6.45, 7) is 0.221. The molecule has 0 fully saturated rings. The molecular weight excluding hydrogens is 438 g/mol. The Bertz CT molecular complexity index is 1440. The van der Waals surface area contributed by atoms with Crippen molar-refractivity contribution in [2.45, 2.75) is 13.0 Å². The van der Waals surface area contributed by atoms with E-state index in [0.29, 0.717) is 12.0 Å². The van der Waals surface area contributed by atoms with Crippen molar-refractivity contribution >= 4 is 35.0 Å². The number of carbonyl (C=O) groups is 1. The van der Waals surface area contributed by atoms with Crippen molar-refractivity contribution in [2.24, 2.45) is 4.99 Å². The molecule has 0 aliphatic heterocycles. The van der Waals surface area contributed by atoms with Crippen LogP contribution in [0.4, 0.5) is 11.6 Å². The molecule has 34 heavy (non-hydrogen) atoms. The van der Waals surface area contributed by atoms with Gasteiger partial charge in [0.15, 0.2) is 11.2 Å². The van der Waals surface area contributed by atoms with Crippen molar-refractivity contribution in [1.29, 1.82) is 0 Å². The zero-order valence-electron chi connectivity index (χ0n) is 18.5. The van der Waals surface area contributed by atoms with Gasteiger partial charge in [-0.05, 0) is 24.1 Å². The summed E-state index contributed by atoms with van der Waals surface area (Å²) in [4.78, 5) is 51.3. The first kappa shape index (κ1) is 22.5. The molecular formula is C23H21N7O4. The Morgan fingerprint density at radius 1 is 1.15 bits per heavy atom. The maximum atomic E-state index is 13.3. The number of hydrogen-bond acceptors (Lipinski definition) is 7. The molecule has 4 rings (SSSR count). The van der Waals surface area contributed by atoms with Crippen LogP contribution in [0.3, 0.4) is 0 Å².